The van der Waals surface area contributed by atoms with Crippen LogP contribution in [0.1, 0.15) is 17.6 Å². The highest BCUT2D eigenvalue weighted by Gasteiger charge is 2.16. The normalized spacial score (nSPS) is 10.8. The van der Waals surface area contributed by atoms with Gasteiger partial charge in [0.15, 0.2) is 0 Å². The summed E-state index contributed by atoms with van der Waals surface area (Å²) in [6, 6.07) is 7.95. The van der Waals surface area contributed by atoms with Crippen LogP contribution in [0.15, 0.2) is 49.1 Å². The molecule has 0 spiro atoms. The van der Waals surface area contributed by atoms with Crippen molar-refractivity contribution in [3.8, 4) is 28.6 Å². The van der Waals surface area contributed by atoms with Crippen molar-refractivity contribution >= 4 is 0 Å². The topological polar surface area (TPSA) is 57.1 Å². The van der Waals surface area contributed by atoms with E-state index in [4.69, 9.17) is 9.47 Å². The first-order chi connectivity index (χ1) is 12.1. The van der Waals surface area contributed by atoms with Gasteiger partial charge in [0.2, 0.25) is 11.8 Å². The maximum atomic E-state index is 12.9. The van der Waals surface area contributed by atoms with Crippen LogP contribution in [0.25, 0.3) is 11.1 Å². The van der Waals surface area contributed by atoms with Gasteiger partial charge in [0.05, 0.1) is 18.2 Å². The molecule has 0 saturated heterocycles. The third kappa shape index (κ3) is 3.55. The van der Waals surface area contributed by atoms with Gasteiger partial charge in [-0.2, -0.15) is 0 Å². The molecule has 0 amide bonds. The van der Waals surface area contributed by atoms with Crippen molar-refractivity contribution in [1.82, 2.24) is 15.0 Å². The minimum absolute atomic E-state index is 0.0239. The van der Waals surface area contributed by atoms with Crippen molar-refractivity contribution in [1.29, 1.82) is 0 Å². The number of aromatic nitrogens is 3. The number of hydrogen-bond donors (Lipinski definition) is 0. The number of nitrogens with zero attached hydrogens (tertiary/aromatic N) is 3. The lowest BCUT2D eigenvalue weighted by molar-refractivity contribution is 0.150. The Hall–Kier alpha value is -3.09. The number of aryl methyl sites for hydroxylation is 1. The van der Waals surface area contributed by atoms with Crippen molar-refractivity contribution < 1.29 is 18.3 Å². The zero-order valence-electron chi connectivity index (χ0n) is 13.6. The Balaban J connectivity index is 1.98. The Labute approximate surface area is 143 Å². The molecule has 0 aliphatic rings. The van der Waals surface area contributed by atoms with Gasteiger partial charge in [0.25, 0.3) is 6.43 Å². The van der Waals surface area contributed by atoms with E-state index in [2.05, 4.69) is 15.0 Å². The number of alkyl halides is 2. The van der Waals surface area contributed by atoms with Gasteiger partial charge in [0.1, 0.15) is 12.1 Å². The van der Waals surface area contributed by atoms with Gasteiger partial charge in [-0.05, 0) is 42.8 Å². The monoisotopic (exact) mass is 343 g/mol. The molecular formula is C18H15F2N3O2. The first-order valence-corrected chi connectivity index (χ1v) is 7.46. The Bertz CT molecular complexity index is 888. The van der Waals surface area contributed by atoms with E-state index >= 15 is 0 Å². The summed E-state index contributed by atoms with van der Waals surface area (Å²) in [5.41, 5.74) is 1.68. The molecule has 2 heterocycles. The van der Waals surface area contributed by atoms with Gasteiger partial charge in [-0.3, -0.25) is 0 Å². The van der Waals surface area contributed by atoms with Gasteiger partial charge >= 0.3 is 0 Å². The number of rotatable bonds is 5. The maximum absolute atomic E-state index is 12.9. The molecular weight excluding hydrogens is 328 g/mol. The quantitative estimate of drug-likeness (QED) is 0.678. The van der Waals surface area contributed by atoms with Crippen LogP contribution in [0.2, 0.25) is 0 Å². The standard InChI is InChI=1S/C18H15F2N3O2/c1-11-8-12(5-6-13(11)16(19)20)25-18-15(9-21-10-23-18)14-4-3-7-22-17(14)24-2/h3-10,16H,1-2H3. The molecule has 0 aliphatic carbocycles. The first kappa shape index (κ1) is 16.8. The van der Waals surface area contributed by atoms with Gasteiger partial charge in [-0.15, -0.1) is 0 Å². The SMILES string of the molecule is COc1ncccc1-c1cncnc1Oc1ccc(C(F)F)c(C)c1. The van der Waals surface area contributed by atoms with Crippen molar-refractivity contribution in [3.63, 3.8) is 0 Å². The molecule has 0 atom stereocenters. The highest BCUT2D eigenvalue weighted by atomic mass is 19.3. The Kier molecular flexibility index (Phi) is 4.83. The second-order valence-corrected chi connectivity index (χ2v) is 5.22. The summed E-state index contributed by atoms with van der Waals surface area (Å²) >= 11 is 0. The lowest BCUT2D eigenvalue weighted by Gasteiger charge is -2.12. The number of hydrogen-bond acceptors (Lipinski definition) is 5. The van der Waals surface area contributed by atoms with E-state index in [1.54, 1.807) is 31.5 Å². The summed E-state index contributed by atoms with van der Waals surface area (Å²) in [5.74, 6) is 1.10. The summed E-state index contributed by atoms with van der Waals surface area (Å²) < 4.78 is 36.8. The minimum Gasteiger partial charge on any atom is -0.481 e. The van der Waals surface area contributed by atoms with Gasteiger partial charge in [0, 0.05) is 18.0 Å². The van der Waals surface area contributed by atoms with E-state index < -0.39 is 6.43 Å². The summed E-state index contributed by atoms with van der Waals surface area (Å²) in [7, 11) is 1.52. The Morgan fingerprint density at radius 1 is 1.04 bits per heavy atom. The van der Waals surface area contributed by atoms with E-state index in [0.29, 0.717) is 28.3 Å². The molecule has 7 heteroatoms. The van der Waals surface area contributed by atoms with Gasteiger partial charge in [-0.25, -0.2) is 23.7 Å². The molecule has 3 aromatic rings. The smallest absolute Gasteiger partial charge is 0.264 e. The highest BCUT2D eigenvalue weighted by Crippen LogP contribution is 2.35. The van der Waals surface area contributed by atoms with Crippen LogP contribution in [0, 0.1) is 6.92 Å². The van der Waals surface area contributed by atoms with E-state index in [9.17, 15) is 8.78 Å². The van der Waals surface area contributed by atoms with Crippen molar-refractivity contribution in [2.75, 3.05) is 7.11 Å². The largest absolute Gasteiger partial charge is 0.481 e. The molecule has 0 bridgehead atoms. The molecule has 3 rings (SSSR count). The van der Waals surface area contributed by atoms with Crippen molar-refractivity contribution in [2.24, 2.45) is 0 Å². The number of methoxy groups -OCH3 is 1. The van der Waals surface area contributed by atoms with Crippen LogP contribution in [0.5, 0.6) is 17.5 Å². The molecule has 2 aromatic heterocycles. The molecule has 0 saturated carbocycles. The van der Waals surface area contributed by atoms with E-state index in [-0.39, 0.29) is 11.4 Å². The molecule has 128 valence electrons. The van der Waals surface area contributed by atoms with Gasteiger partial charge in [-0.1, -0.05) is 0 Å². The fourth-order valence-electron chi connectivity index (χ4n) is 2.41. The van der Waals surface area contributed by atoms with Crippen LogP contribution in [-0.4, -0.2) is 22.1 Å². The molecule has 0 unspecified atom stereocenters. The highest BCUT2D eigenvalue weighted by molar-refractivity contribution is 5.72. The van der Waals surface area contributed by atoms with Crippen molar-refractivity contribution in [2.45, 2.75) is 13.3 Å². The lowest BCUT2D eigenvalue weighted by atomic mass is 10.1. The lowest BCUT2D eigenvalue weighted by Crippen LogP contribution is -1.97. The molecule has 0 fully saturated rings. The zero-order chi connectivity index (χ0) is 17.8. The zero-order valence-corrected chi connectivity index (χ0v) is 13.6. The van der Waals surface area contributed by atoms with E-state index in [0.717, 1.165) is 0 Å². The third-order valence-electron chi connectivity index (χ3n) is 3.62. The van der Waals surface area contributed by atoms with Crippen LogP contribution < -0.4 is 9.47 Å². The molecule has 0 radical (unpaired) electrons. The summed E-state index contributed by atoms with van der Waals surface area (Å²) in [6.07, 6.45) is 2.02. The predicted octanol–water partition coefficient (Wildman–Crippen LogP) is 4.59. The number of halogens is 2. The first-order valence-electron chi connectivity index (χ1n) is 7.46. The third-order valence-corrected chi connectivity index (χ3v) is 3.62. The Morgan fingerprint density at radius 2 is 1.88 bits per heavy atom. The number of ether oxygens (including phenoxy) is 2. The molecule has 0 aliphatic heterocycles. The molecule has 25 heavy (non-hydrogen) atoms. The second kappa shape index (κ2) is 7.21. The number of pyridine rings is 1. The average Bonchev–Trinajstić information content (AvgIpc) is 2.62. The van der Waals surface area contributed by atoms with Gasteiger partial charge < -0.3 is 9.47 Å². The van der Waals surface area contributed by atoms with Crippen LogP contribution >= 0.6 is 0 Å². The Morgan fingerprint density at radius 3 is 2.60 bits per heavy atom. The average molecular weight is 343 g/mol. The number of benzene rings is 1. The van der Waals surface area contributed by atoms with Crippen LogP contribution in [-0.2, 0) is 0 Å². The summed E-state index contributed by atoms with van der Waals surface area (Å²) in [4.78, 5) is 12.3. The van der Waals surface area contributed by atoms with Crippen LogP contribution in [0.3, 0.4) is 0 Å². The van der Waals surface area contributed by atoms with Crippen molar-refractivity contribution in [3.05, 3.63) is 60.2 Å². The summed E-state index contributed by atoms with van der Waals surface area (Å²) in [6.45, 7) is 1.61. The predicted molar refractivity (Wildman–Crippen MR) is 88.0 cm³/mol. The molecule has 0 N–H and O–H groups in total. The second-order valence-electron chi connectivity index (χ2n) is 5.22. The molecule has 5 nitrogen and oxygen atoms in total. The summed E-state index contributed by atoms with van der Waals surface area (Å²) in [5, 5.41) is 0. The maximum Gasteiger partial charge on any atom is 0.264 e. The van der Waals surface area contributed by atoms with E-state index in [1.807, 2.05) is 6.07 Å². The molecule has 1 aromatic carbocycles. The van der Waals surface area contributed by atoms with E-state index in [1.165, 1.54) is 25.6 Å². The fraction of sp³-hybridized carbons (Fsp3) is 0.167. The minimum atomic E-state index is -2.52. The fourth-order valence-corrected chi connectivity index (χ4v) is 2.41. The van der Waals surface area contributed by atoms with Crippen LogP contribution in [0.4, 0.5) is 8.78 Å².